The van der Waals surface area contributed by atoms with Crippen LogP contribution in [0.3, 0.4) is 0 Å². The van der Waals surface area contributed by atoms with Crippen molar-refractivity contribution in [3.05, 3.63) is 35.1 Å². The van der Waals surface area contributed by atoms with E-state index in [0.717, 1.165) is 0 Å². The zero-order valence-electron chi connectivity index (χ0n) is 11.3. The van der Waals surface area contributed by atoms with Crippen LogP contribution in [-0.4, -0.2) is 41.5 Å². The Balaban J connectivity index is 2.92. The van der Waals surface area contributed by atoms with Gasteiger partial charge in [0.1, 0.15) is 12.4 Å². The number of amides is 2. The number of carbonyl (C=O) groups is 2. The van der Waals surface area contributed by atoms with Gasteiger partial charge in [-0.25, -0.2) is 4.39 Å². The fourth-order valence-corrected chi connectivity index (χ4v) is 1.77. The van der Waals surface area contributed by atoms with Crippen LogP contribution in [0.1, 0.15) is 11.1 Å². The summed E-state index contributed by atoms with van der Waals surface area (Å²) in [6.07, 6.45) is 0. The molecular weight excluding hydrogens is 277 g/mol. The second-order valence-electron chi connectivity index (χ2n) is 4.35. The second kappa shape index (κ2) is 7.99. The lowest BCUT2D eigenvalue weighted by molar-refractivity contribution is -0.122. The molecule has 0 heterocycles. The lowest BCUT2D eigenvalue weighted by atomic mass is 10.1. The lowest BCUT2D eigenvalue weighted by Crippen LogP contribution is -2.39. The highest BCUT2D eigenvalue weighted by Crippen LogP contribution is 2.11. The molecule has 7 heteroatoms. The zero-order chi connectivity index (χ0) is 15.8. The molecule has 1 rings (SSSR count). The number of nitrogens with two attached hydrogens (primary N) is 2. The van der Waals surface area contributed by atoms with Gasteiger partial charge in [-0.15, -0.1) is 0 Å². The summed E-state index contributed by atoms with van der Waals surface area (Å²) in [6, 6.07) is 4.21. The van der Waals surface area contributed by atoms with Crippen molar-refractivity contribution in [1.29, 1.82) is 0 Å². The normalized spacial score (nSPS) is 10.0. The van der Waals surface area contributed by atoms with Crippen LogP contribution >= 0.6 is 0 Å². The molecule has 0 radical (unpaired) electrons. The summed E-state index contributed by atoms with van der Waals surface area (Å²) in [5.74, 6) is 3.12. The molecule has 1 aromatic carbocycles. The third-order valence-corrected chi connectivity index (χ3v) is 2.50. The zero-order valence-corrected chi connectivity index (χ0v) is 11.3. The molecule has 0 aliphatic carbocycles. The molecule has 0 spiro atoms. The molecule has 0 atom stereocenters. The van der Waals surface area contributed by atoms with Crippen molar-refractivity contribution in [2.24, 2.45) is 11.5 Å². The van der Waals surface area contributed by atoms with E-state index >= 15 is 0 Å². The minimum absolute atomic E-state index is 0.125. The molecule has 0 aliphatic heterocycles. The Bertz CT molecular complexity index is 577. The number of primary amides is 2. The van der Waals surface area contributed by atoms with Gasteiger partial charge >= 0.3 is 0 Å². The van der Waals surface area contributed by atoms with Crippen molar-refractivity contribution < 1.29 is 19.1 Å². The molecule has 0 fully saturated rings. The maximum absolute atomic E-state index is 13.5. The molecule has 21 heavy (non-hydrogen) atoms. The predicted molar refractivity (Wildman–Crippen MR) is 74.0 cm³/mol. The summed E-state index contributed by atoms with van der Waals surface area (Å²) >= 11 is 0. The van der Waals surface area contributed by atoms with Gasteiger partial charge in [0.2, 0.25) is 11.8 Å². The number of aliphatic hydroxyl groups excluding tert-OH is 1. The van der Waals surface area contributed by atoms with Crippen LogP contribution in [0.15, 0.2) is 18.2 Å². The molecule has 0 saturated carbocycles. The first kappa shape index (κ1) is 16.6. The molecule has 5 N–H and O–H groups in total. The Kier molecular flexibility index (Phi) is 6.33. The van der Waals surface area contributed by atoms with Gasteiger partial charge in [-0.1, -0.05) is 17.9 Å². The van der Waals surface area contributed by atoms with Gasteiger partial charge in [0.05, 0.1) is 18.7 Å². The standard InChI is InChI=1S/C14H16FN3O3/c15-12-4-3-10(6-11(12)2-1-5-19)7-18(8-13(16)20)9-14(17)21/h3-4,6,19H,5,7-9H2,(H2,16,20)(H2,17,21). The number of nitrogens with zero attached hydrogens (tertiary/aromatic N) is 1. The third kappa shape index (κ3) is 6.03. The molecule has 0 aromatic heterocycles. The first-order valence-electron chi connectivity index (χ1n) is 6.09. The Morgan fingerprint density at radius 2 is 1.86 bits per heavy atom. The van der Waals surface area contributed by atoms with E-state index in [4.69, 9.17) is 16.6 Å². The molecular formula is C14H16FN3O3. The van der Waals surface area contributed by atoms with Gasteiger partial charge in [-0.05, 0) is 17.7 Å². The fraction of sp³-hybridized carbons (Fsp3) is 0.286. The highest BCUT2D eigenvalue weighted by molar-refractivity contribution is 5.79. The van der Waals surface area contributed by atoms with Gasteiger partial charge in [-0.2, -0.15) is 0 Å². The van der Waals surface area contributed by atoms with Crippen molar-refractivity contribution in [1.82, 2.24) is 4.90 Å². The van der Waals surface area contributed by atoms with Gasteiger partial charge in [0.15, 0.2) is 0 Å². The SMILES string of the molecule is NC(=O)CN(CC(N)=O)Cc1ccc(F)c(C#CCO)c1. The monoisotopic (exact) mass is 293 g/mol. The van der Waals surface area contributed by atoms with E-state index in [1.165, 1.54) is 23.1 Å². The van der Waals surface area contributed by atoms with Crippen molar-refractivity contribution in [2.75, 3.05) is 19.7 Å². The summed E-state index contributed by atoms with van der Waals surface area (Å²) < 4.78 is 13.5. The van der Waals surface area contributed by atoms with Gasteiger partial charge in [0, 0.05) is 6.54 Å². The maximum Gasteiger partial charge on any atom is 0.231 e. The predicted octanol–water partition coefficient (Wildman–Crippen LogP) is -1.06. The minimum Gasteiger partial charge on any atom is -0.384 e. The van der Waals surface area contributed by atoms with E-state index in [2.05, 4.69) is 11.8 Å². The average molecular weight is 293 g/mol. The van der Waals surface area contributed by atoms with E-state index in [9.17, 15) is 14.0 Å². The van der Waals surface area contributed by atoms with Gasteiger partial charge < -0.3 is 16.6 Å². The van der Waals surface area contributed by atoms with Crippen LogP contribution < -0.4 is 11.5 Å². The summed E-state index contributed by atoms with van der Waals surface area (Å²) in [6.45, 7) is -0.463. The van der Waals surface area contributed by atoms with Crippen LogP contribution in [0.5, 0.6) is 0 Å². The quantitative estimate of drug-likeness (QED) is 0.581. The Morgan fingerprint density at radius 1 is 1.24 bits per heavy atom. The van der Waals surface area contributed by atoms with E-state index in [1.807, 2.05) is 0 Å². The number of carbonyl (C=O) groups excluding carboxylic acids is 2. The summed E-state index contributed by atoms with van der Waals surface area (Å²) in [4.78, 5) is 23.4. The average Bonchev–Trinajstić information content (AvgIpc) is 2.37. The van der Waals surface area contributed by atoms with Crippen LogP contribution in [0.4, 0.5) is 4.39 Å². The fourth-order valence-electron chi connectivity index (χ4n) is 1.77. The van der Waals surface area contributed by atoms with Crippen molar-refractivity contribution in [2.45, 2.75) is 6.54 Å². The number of hydrogen-bond donors (Lipinski definition) is 3. The van der Waals surface area contributed by atoms with Crippen molar-refractivity contribution >= 4 is 11.8 Å². The molecule has 6 nitrogen and oxygen atoms in total. The molecule has 0 unspecified atom stereocenters. The summed E-state index contributed by atoms with van der Waals surface area (Å²) in [7, 11) is 0. The maximum atomic E-state index is 13.5. The first-order valence-corrected chi connectivity index (χ1v) is 6.09. The van der Waals surface area contributed by atoms with Crippen molar-refractivity contribution in [3.63, 3.8) is 0 Å². The highest BCUT2D eigenvalue weighted by atomic mass is 19.1. The van der Waals surface area contributed by atoms with Gasteiger partial charge in [0.25, 0.3) is 0 Å². The van der Waals surface area contributed by atoms with Crippen LogP contribution in [0, 0.1) is 17.7 Å². The largest absolute Gasteiger partial charge is 0.384 e. The van der Waals surface area contributed by atoms with Crippen LogP contribution in [0.25, 0.3) is 0 Å². The molecule has 0 bridgehead atoms. The van der Waals surface area contributed by atoms with Gasteiger partial charge in [-0.3, -0.25) is 14.5 Å². The summed E-state index contributed by atoms with van der Waals surface area (Å²) in [5.41, 5.74) is 11.0. The van der Waals surface area contributed by atoms with E-state index in [1.54, 1.807) is 0 Å². The van der Waals surface area contributed by atoms with E-state index in [-0.39, 0.29) is 31.8 Å². The molecule has 0 saturated heterocycles. The van der Waals surface area contributed by atoms with Crippen LogP contribution in [-0.2, 0) is 16.1 Å². The molecule has 2 amide bonds. The number of benzene rings is 1. The second-order valence-corrected chi connectivity index (χ2v) is 4.35. The minimum atomic E-state index is -0.598. The highest BCUT2D eigenvalue weighted by Gasteiger charge is 2.12. The smallest absolute Gasteiger partial charge is 0.231 e. The molecule has 1 aromatic rings. The molecule has 0 aliphatic rings. The number of rotatable bonds is 6. The van der Waals surface area contributed by atoms with E-state index < -0.39 is 17.6 Å². The van der Waals surface area contributed by atoms with Crippen molar-refractivity contribution in [3.8, 4) is 11.8 Å². The Hall–Kier alpha value is -2.43. The van der Waals surface area contributed by atoms with E-state index in [0.29, 0.717) is 5.56 Å². The topological polar surface area (TPSA) is 110 Å². The third-order valence-electron chi connectivity index (χ3n) is 2.50. The lowest BCUT2D eigenvalue weighted by Gasteiger charge is -2.19. The molecule has 112 valence electrons. The first-order chi connectivity index (χ1) is 9.92. The summed E-state index contributed by atoms with van der Waals surface area (Å²) in [5, 5.41) is 8.62. The number of halogens is 1. The number of aliphatic hydroxyl groups is 1. The Labute approximate surface area is 121 Å². The Morgan fingerprint density at radius 3 is 2.38 bits per heavy atom. The van der Waals surface area contributed by atoms with Crippen LogP contribution in [0.2, 0.25) is 0 Å². The number of hydrogen-bond acceptors (Lipinski definition) is 4.